The zero-order valence-electron chi connectivity index (χ0n) is 11.6. The van der Waals surface area contributed by atoms with Gasteiger partial charge in [0.25, 0.3) is 0 Å². The van der Waals surface area contributed by atoms with Crippen LogP contribution in [0.4, 0.5) is 4.79 Å². The van der Waals surface area contributed by atoms with Crippen molar-refractivity contribution < 1.29 is 9.53 Å². The standard InChI is InChI=1S/C15H22N2O2/c1-15(2)11-17(9-8-13(15)16)14(18)19-10-12-6-4-3-5-7-12/h3-7,13H,8-11,16H2,1-2H3/t13-/m0/s1. The largest absolute Gasteiger partial charge is 0.445 e. The van der Waals surface area contributed by atoms with Crippen molar-refractivity contribution in [1.29, 1.82) is 0 Å². The van der Waals surface area contributed by atoms with E-state index in [0.29, 0.717) is 19.7 Å². The summed E-state index contributed by atoms with van der Waals surface area (Å²) in [5, 5.41) is 0. The zero-order valence-corrected chi connectivity index (χ0v) is 11.6. The minimum absolute atomic E-state index is 0.0516. The van der Waals surface area contributed by atoms with E-state index in [4.69, 9.17) is 10.5 Å². The molecule has 2 rings (SSSR count). The predicted octanol–water partition coefficient (Wildman–Crippen LogP) is 2.38. The van der Waals surface area contributed by atoms with Gasteiger partial charge in [-0.05, 0) is 17.4 Å². The van der Waals surface area contributed by atoms with E-state index in [0.717, 1.165) is 12.0 Å². The number of carbonyl (C=O) groups excluding carboxylic acids is 1. The molecule has 1 aliphatic heterocycles. The van der Waals surface area contributed by atoms with Crippen molar-refractivity contribution in [3.8, 4) is 0 Å². The van der Waals surface area contributed by atoms with Gasteiger partial charge in [-0.1, -0.05) is 44.2 Å². The maximum absolute atomic E-state index is 12.0. The van der Waals surface area contributed by atoms with E-state index >= 15 is 0 Å². The van der Waals surface area contributed by atoms with Gasteiger partial charge >= 0.3 is 6.09 Å². The number of nitrogens with zero attached hydrogens (tertiary/aromatic N) is 1. The third kappa shape index (κ3) is 3.47. The molecule has 1 aromatic rings. The van der Waals surface area contributed by atoms with Gasteiger partial charge in [0.15, 0.2) is 0 Å². The molecule has 0 radical (unpaired) electrons. The first-order valence-electron chi connectivity index (χ1n) is 6.70. The van der Waals surface area contributed by atoms with E-state index in [1.807, 2.05) is 30.3 Å². The molecule has 0 spiro atoms. The van der Waals surface area contributed by atoms with Crippen molar-refractivity contribution in [1.82, 2.24) is 4.90 Å². The molecule has 1 heterocycles. The third-order valence-corrected chi connectivity index (χ3v) is 3.78. The molecule has 1 fully saturated rings. The molecule has 1 aliphatic rings. The van der Waals surface area contributed by atoms with Crippen LogP contribution in [0, 0.1) is 5.41 Å². The molecule has 0 unspecified atom stereocenters. The van der Waals surface area contributed by atoms with Crippen LogP contribution < -0.4 is 5.73 Å². The monoisotopic (exact) mass is 262 g/mol. The molecule has 104 valence electrons. The lowest BCUT2D eigenvalue weighted by atomic mass is 9.80. The Morgan fingerprint density at radius 1 is 1.42 bits per heavy atom. The minimum atomic E-state index is -0.246. The molecule has 0 saturated carbocycles. The number of carbonyl (C=O) groups is 1. The quantitative estimate of drug-likeness (QED) is 0.890. The Bertz CT molecular complexity index is 431. The van der Waals surface area contributed by atoms with E-state index in [-0.39, 0.29) is 17.6 Å². The average Bonchev–Trinajstić information content (AvgIpc) is 2.40. The molecule has 1 amide bonds. The van der Waals surface area contributed by atoms with Crippen molar-refractivity contribution in [2.45, 2.75) is 32.9 Å². The Morgan fingerprint density at radius 2 is 2.11 bits per heavy atom. The van der Waals surface area contributed by atoms with Crippen molar-refractivity contribution in [3.63, 3.8) is 0 Å². The van der Waals surface area contributed by atoms with Gasteiger partial charge in [0, 0.05) is 19.1 Å². The predicted molar refractivity (Wildman–Crippen MR) is 74.6 cm³/mol. The number of benzene rings is 1. The topological polar surface area (TPSA) is 55.6 Å². The third-order valence-electron chi connectivity index (χ3n) is 3.78. The first-order valence-corrected chi connectivity index (χ1v) is 6.70. The first kappa shape index (κ1) is 13.9. The maximum Gasteiger partial charge on any atom is 0.410 e. The highest BCUT2D eigenvalue weighted by atomic mass is 16.6. The number of nitrogens with two attached hydrogens (primary N) is 1. The van der Waals surface area contributed by atoms with Crippen LogP contribution in [0.3, 0.4) is 0 Å². The fourth-order valence-electron chi connectivity index (χ4n) is 2.34. The van der Waals surface area contributed by atoms with Crippen LogP contribution >= 0.6 is 0 Å². The van der Waals surface area contributed by atoms with Crippen molar-refractivity contribution >= 4 is 6.09 Å². The summed E-state index contributed by atoms with van der Waals surface area (Å²) >= 11 is 0. The number of hydrogen-bond donors (Lipinski definition) is 1. The molecular weight excluding hydrogens is 240 g/mol. The molecule has 1 aromatic carbocycles. The van der Waals surface area contributed by atoms with Gasteiger partial charge < -0.3 is 15.4 Å². The molecule has 0 aromatic heterocycles. The zero-order chi connectivity index (χ0) is 13.9. The Labute approximate surface area is 114 Å². The van der Waals surface area contributed by atoms with Crippen LogP contribution in [0.15, 0.2) is 30.3 Å². The van der Waals surface area contributed by atoms with E-state index < -0.39 is 0 Å². The molecule has 4 heteroatoms. The molecule has 2 N–H and O–H groups in total. The van der Waals surface area contributed by atoms with Gasteiger partial charge in [0.2, 0.25) is 0 Å². The molecule has 1 saturated heterocycles. The first-order chi connectivity index (χ1) is 8.99. The molecule has 0 bridgehead atoms. The van der Waals surface area contributed by atoms with Crippen molar-refractivity contribution in [2.75, 3.05) is 13.1 Å². The van der Waals surface area contributed by atoms with Crippen LogP contribution in [0.25, 0.3) is 0 Å². The number of ether oxygens (including phenoxy) is 1. The summed E-state index contributed by atoms with van der Waals surface area (Å²) in [7, 11) is 0. The van der Waals surface area contributed by atoms with Crippen LogP contribution in [-0.4, -0.2) is 30.1 Å². The highest BCUT2D eigenvalue weighted by Gasteiger charge is 2.35. The number of hydrogen-bond acceptors (Lipinski definition) is 3. The number of likely N-dealkylation sites (tertiary alicyclic amines) is 1. The molecule has 19 heavy (non-hydrogen) atoms. The SMILES string of the molecule is CC1(C)CN(C(=O)OCc2ccccc2)CC[C@@H]1N. The van der Waals surface area contributed by atoms with E-state index in [1.54, 1.807) is 4.90 Å². The number of amides is 1. The van der Waals surface area contributed by atoms with Gasteiger partial charge in [0.1, 0.15) is 6.61 Å². The number of piperidine rings is 1. The van der Waals surface area contributed by atoms with Gasteiger partial charge in [-0.15, -0.1) is 0 Å². The van der Waals surface area contributed by atoms with Crippen molar-refractivity contribution in [3.05, 3.63) is 35.9 Å². The molecule has 1 atom stereocenters. The summed E-state index contributed by atoms with van der Waals surface area (Å²) in [6, 6.07) is 9.86. The summed E-state index contributed by atoms with van der Waals surface area (Å²) < 4.78 is 5.34. The van der Waals surface area contributed by atoms with Crippen LogP contribution in [0.2, 0.25) is 0 Å². The fourth-order valence-corrected chi connectivity index (χ4v) is 2.34. The minimum Gasteiger partial charge on any atom is -0.445 e. The molecule has 4 nitrogen and oxygen atoms in total. The lowest BCUT2D eigenvalue weighted by Gasteiger charge is -2.41. The van der Waals surface area contributed by atoms with Crippen LogP contribution in [0.5, 0.6) is 0 Å². The molecular formula is C15H22N2O2. The van der Waals surface area contributed by atoms with Crippen LogP contribution in [0.1, 0.15) is 25.8 Å². The van der Waals surface area contributed by atoms with Gasteiger partial charge in [0.05, 0.1) is 0 Å². The van der Waals surface area contributed by atoms with Crippen molar-refractivity contribution in [2.24, 2.45) is 11.1 Å². The highest BCUT2D eigenvalue weighted by Crippen LogP contribution is 2.28. The fraction of sp³-hybridized carbons (Fsp3) is 0.533. The second kappa shape index (κ2) is 5.61. The van der Waals surface area contributed by atoms with Gasteiger partial charge in [-0.2, -0.15) is 0 Å². The Morgan fingerprint density at radius 3 is 2.74 bits per heavy atom. The Balaban J connectivity index is 1.87. The van der Waals surface area contributed by atoms with Gasteiger partial charge in [-0.25, -0.2) is 4.79 Å². The number of rotatable bonds is 2. The smallest absolute Gasteiger partial charge is 0.410 e. The average molecular weight is 262 g/mol. The van der Waals surface area contributed by atoms with E-state index in [2.05, 4.69) is 13.8 Å². The summed E-state index contributed by atoms with van der Waals surface area (Å²) in [6.45, 7) is 5.84. The maximum atomic E-state index is 12.0. The second-order valence-electron chi connectivity index (χ2n) is 5.85. The summed E-state index contributed by atoms with van der Waals surface area (Å²) in [5.74, 6) is 0. The van der Waals surface area contributed by atoms with Gasteiger partial charge in [-0.3, -0.25) is 0 Å². The van der Waals surface area contributed by atoms with E-state index in [9.17, 15) is 4.79 Å². The Kier molecular flexibility index (Phi) is 4.10. The lowest BCUT2D eigenvalue weighted by Crippen LogP contribution is -2.54. The van der Waals surface area contributed by atoms with E-state index in [1.165, 1.54) is 0 Å². The highest BCUT2D eigenvalue weighted by molar-refractivity contribution is 5.67. The second-order valence-corrected chi connectivity index (χ2v) is 5.85. The Hall–Kier alpha value is -1.55. The lowest BCUT2D eigenvalue weighted by molar-refractivity contribution is 0.0545. The summed E-state index contributed by atoms with van der Waals surface area (Å²) in [6.07, 6.45) is 0.580. The molecule has 0 aliphatic carbocycles. The summed E-state index contributed by atoms with van der Waals surface area (Å²) in [4.78, 5) is 13.8. The van der Waals surface area contributed by atoms with Crippen LogP contribution in [-0.2, 0) is 11.3 Å². The normalized spacial score (nSPS) is 22.1. The summed E-state index contributed by atoms with van der Waals surface area (Å²) in [5.41, 5.74) is 7.01.